The van der Waals surface area contributed by atoms with Gasteiger partial charge in [-0.05, 0) is 43.0 Å². The van der Waals surface area contributed by atoms with Gasteiger partial charge in [0.15, 0.2) is 0 Å². The first-order chi connectivity index (χ1) is 13.0. The smallest absolute Gasteiger partial charge is 0.266 e. The molecule has 0 spiro atoms. The van der Waals surface area contributed by atoms with Crippen molar-refractivity contribution in [3.8, 4) is 0 Å². The molecule has 1 saturated heterocycles. The highest BCUT2D eigenvalue weighted by Crippen LogP contribution is 2.32. The molecular formula is C20H25ClN2O2S2. The molecule has 1 aromatic carbocycles. The first-order valence-corrected chi connectivity index (χ1v) is 10.9. The Kier molecular flexibility index (Phi) is 9.31. The predicted molar refractivity (Wildman–Crippen MR) is 118 cm³/mol. The number of unbranched alkanes of at least 4 members (excludes halogenated alkanes) is 3. The summed E-state index contributed by atoms with van der Waals surface area (Å²) in [5.41, 5.74) is 0.925. The van der Waals surface area contributed by atoms with Crippen LogP contribution in [0.25, 0.3) is 6.08 Å². The lowest BCUT2D eigenvalue weighted by Gasteiger charge is -2.14. The molecule has 0 atom stereocenters. The van der Waals surface area contributed by atoms with Crippen molar-refractivity contribution in [1.82, 2.24) is 10.2 Å². The van der Waals surface area contributed by atoms with E-state index in [-0.39, 0.29) is 11.8 Å². The third-order valence-corrected chi connectivity index (χ3v) is 5.81. The molecule has 0 unspecified atom stereocenters. The maximum Gasteiger partial charge on any atom is 0.266 e. The van der Waals surface area contributed by atoms with Crippen LogP contribution >= 0.6 is 35.6 Å². The van der Waals surface area contributed by atoms with Crippen LogP contribution < -0.4 is 5.32 Å². The van der Waals surface area contributed by atoms with Gasteiger partial charge in [-0.15, -0.1) is 0 Å². The molecule has 1 aromatic rings. The van der Waals surface area contributed by atoms with E-state index in [1.165, 1.54) is 11.8 Å². The standard InChI is InChI=1S/C20H25ClN2O2S2/c1-2-3-12-22-18(24)7-5-4-6-13-23-19(25)17(27-20(23)26)14-15-8-10-16(21)11-9-15/h8-11,14H,2-7,12-13H2,1H3,(H,22,24)/b17-14-. The minimum Gasteiger partial charge on any atom is -0.356 e. The summed E-state index contributed by atoms with van der Waals surface area (Å²) in [7, 11) is 0. The zero-order valence-corrected chi connectivity index (χ0v) is 17.9. The normalized spacial score (nSPS) is 15.6. The number of nitrogens with one attached hydrogen (secondary N) is 1. The second-order valence-electron chi connectivity index (χ2n) is 6.40. The van der Waals surface area contributed by atoms with E-state index in [0.717, 1.165) is 44.2 Å². The van der Waals surface area contributed by atoms with E-state index in [9.17, 15) is 9.59 Å². The summed E-state index contributed by atoms with van der Waals surface area (Å²) >= 11 is 12.6. The van der Waals surface area contributed by atoms with E-state index in [1.54, 1.807) is 17.0 Å². The van der Waals surface area contributed by atoms with Crippen LogP contribution in [0, 0.1) is 0 Å². The molecule has 4 nitrogen and oxygen atoms in total. The fourth-order valence-electron chi connectivity index (χ4n) is 2.63. The predicted octanol–water partition coefficient (Wildman–Crippen LogP) is 5.02. The number of hydrogen-bond donors (Lipinski definition) is 1. The van der Waals surface area contributed by atoms with E-state index >= 15 is 0 Å². The minimum absolute atomic E-state index is 0.0442. The third kappa shape index (κ3) is 7.28. The first kappa shape index (κ1) is 21.9. The highest BCUT2D eigenvalue weighted by Gasteiger charge is 2.31. The van der Waals surface area contributed by atoms with Crippen LogP contribution in [0.15, 0.2) is 29.2 Å². The molecule has 27 heavy (non-hydrogen) atoms. The van der Waals surface area contributed by atoms with Gasteiger partial charge in [-0.2, -0.15) is 0 Å². The van der Waals surface area contributed by atoms with E-state index in [4.69, 9.17) is 23.8 Å². The third-order valence-electron chi connectivity index (χ3n) is 4.18. The van der Waals surface area contributed by atoms with Crippen LogP contribution in [0.2, 0.25) is 5.02 Å². The van der Waals surface area contributed by atoms with Crippen LogP contribution in [-0.4, -0.2) is 34.1 Å². The number of carbonyl (C=O) groups excluding carboxylic acids is 2. The second kappa shape index (κ2) is 11.5. The molecule has 1 aliphatic heterocycles. The highest BCUT2D eigenvalue weighted by atomic mass is 35.5. The average Bonchev–Trinajstić information content (AvgIpc) is 2.90. The number of hydrogen-bond acceptors (Lipinski definition) is 4. The summed E-state index contributed by atoms with van der Waals surface area (Å²) in [5.74, 6) is 0.0669. The number of thiocarbonyl (C=S) groups is 1. The zero-order chi connectivity index (χ0) is 19.6. The number of amides is 2. The SMILES string of the molecule is CCCCNC(=O)CCCCCN1C(=O)/C(=C/c2ccc(Cl)cc2)SC1=S. The molecule has 0 bridgehead atoms. The van der Waals surface area contributed by atoms with Gasteiger partial charge in [0.05, 0.1) is 4.91 Å². The van der Waals surface area contributed by atoms with E-state index in [2.05, 4.69) is 12.2 Å². The van der Waals surface area contributed by atoms with Gasteiger partial charge in [-0.1, -0.05) is 67.5 Å². The average molecular weight is 425 g/mol. The Balaban J connectivity index is 1.74. The molecule has 1 fully saturated rings. The summed E-state index contributed by atoms with van der Waals surface area (Å²) in [5, 5.41) is 3.58. The lowest BCUT2D eigenvalue weighted by atomic mass is 10.1. The lowest BCUT2D eigenvalue weighted by Crippen LogP contribution is -2.29. The summed E-state index contributed by atoms with van der Waals surface area (Å²) in [6.07, 6.45) is 7.04. The van der Waals surface area contributed by atoms with E-state index < -0.39 is 0 Å². The van der Waals surface area contributed by atoms with Crippen LogP contribution in [0.5, 0.6) is 0 Å². The summed E-state index contributed by atoms with van der Waals surface area (Å²) < 4.78 is 0.595. The van der Waals surface area contributed by atoms with Crippen LogP contribution in [0.1, 0.15) is 51.0 Å². The monoisotopic (exact) mass is 424 g/mol. The summed E-state index contributed by atoms with van der Waals surface area (Å²) in [6, 6.07) is 7.35. The largest absolute Gasteiger partial charge is 0.356 e. The fourth-order valence-corrected chi connectivity index (χ4v) is 4.06. The number of benzene rings is 1. The van der Waals surface area contributed by atoms with Crippen molar-refractivity contribution in [2.75, 3.05) is 13.1 Å². The van der Waals surface area contributed by atoms with Crippen molar-refractivity contribution in [1.29, 1.82) is 0 Å². The molecule has 1 aliphatic rings. The summed E-state index contributed by atoms with van der Waals surface area (Å²) in [6.45, 7) is 3.45. The summed E-state index contributed by atoms with van der Waals surface area (Å²) in [4.78, 5) is 26.5. The highest BCUT2D eigenvalue weighted by molar-refractivity contribution is 8.26. The van der Waals surface area contributed by atoms with Crippen molar-refractivity contribution in [2.45, 2.75) is 45.4 Å². The van der Waals surface area contributed by atoms with Gasteiger partial charge in [0.2, 0.25) is 5.91 Å². The molecule has 0 aromatic heterocycles. The van der Waals surface area contributed by atoms with E-state index in [1.807, 2.05) is 18.2 Å². The van der Waals surface area contributed by atoms with Crippen molar-refractivity contribution < 1.29 is 9.59 Å². The van der Waals surface area contributed by atoms with Gasteiger partial charge < -0.3 is 5.32 Å². The topological polar surface area (TPSA) is 49.4 Å². The molecular weight excluding hydrogens is 400 g/mol. The molecule has 0 aliphatic carbocycles. The minimum atomic E-state index is -0.0442. The Labute approximate surface area is 175 Å². The van der Waals surface area contributed by atoms with E-state index in [0.29, 0.717) is 27.2 Å². The molecule has 7 heteroatoms. The van der Waals surface area contributed by atoms with Crippen LogP contribution in [0.3, 0.4) is 0 Å². The molecule has 2 amide bonds. The van der Waals surface area contributed by atoms with Gasteiger partial charge in [-0.3, -0.25) is 14.5 Å². The zero-order valence-electron chi connectivity index (χ0n) is 15.5. The Morgan fingerprint density at radius 1 is 1.22 bits per heavy atom. The molecule has 0 saturated carbocycles. The fraction of sp³-hybridized carbons (Fsp3) is 0.450. The van der Waals surface area contributed by atoms with Gasteiger partial charge in [-0.25, -0.2) is 0 Å². The molecule has 2 rings (SSSR count). The van der Waals surface area contributed by atoms with Crippen molar-refractivity contribution >= 4 is 57.8 Å². The van der Waals surface area contributed by atoms with Crippen LogP contribution in [0.4, 0.5) is 0 Å². The Morgan fingerprint density at radius 3 is 2.67 bits per heavy atom. The van der Waals surface area contributed by atoms with Gasteiger partial charge >= 0.3 is 0 Å². The number of rotatable bonds is 10. The van der Waals surface area contributed by atoms with Crippen molar-refractivity contribution in [3.05, 3.63) is 39.8 Å². The van der Waals surface area contributed by atoms with Crippen molar-refractivity contribution in [2.24, 2.45) is 0 Å². The lowest BCUT2D eigenvalue weighted by molar-refractivity contribution is -0.122. The Bertz CT molecular complexity index is 704. The maximum absolute atomic E-state index is 12.6. The Morgan fingerprint density at radius 2 is 1.96 bits per heavy atom. The first-order valence-electron chi connectivity index (χ1n) is 9.29. The molecule has 1 N–H and O–H groups in total. The quantitative estimate of drug-likeness (QED) is 0.325. The van der Waals surface area contributed by atoms with Gasteiger partial charge in [0.1, 0.15) is 4.32 Å². The Hall–Kier alpha value is -1.37. The second-order valence-corrected chi connectivity index (χ2v) is 8.51. The molecule has 1 heterocycles. The maximum atomic E-state index is 12.6. The van der Waals surface area contributed by atoms with Gasteiger partial charge in [0, 0.05) is 24.5 Å². The number of thioether (sulfide) groups is 1. The number of halogens is 1. The van der Waals surface area contributed by atoms with Gasteiger partial charge in [0.25, 0.3) is 5.91 Å². The number of nitrogens with zero attached hydrogens (tertiary/aromatic N) is 1. The molecule has 146 valence electrons. The number of carbonyl (C=O) groups is 2. The van der Waals surface area contributed by atoms with Crippen LogP contribution in [-0.2, 0) is 9.59 Å². The molecule has 0 radical (unpaired) electrons. The van der Waals surface area contributed by atoms with Crippen molar-refractivity contribution in [3.63, 3.8) is 0 Å².